The molecule has 0 saturated heterocycles. The lowest BCUT2D eigenvalue weighted by Gasteiger charge is -2.10. The number of benzene rings is 1. The number of carbonyl (C=O) groups excluding carboxylic acids is 1. The van der Waals surface area contributed by atoms with Gasteiger partial charge in [-0.15, -0.1) is 0 Å². The first-order valence-electron chi connectivity index (χ1n) is 8.36. The number of hydrogen-bond donors (Lipinski definition) is 1. The van der Waals surface area contributed by atoms with Crippen molar-refractivity contribution in [3.05, 3.63) is 78.1 Å². The molecule has 0 atom stereocenters. The van der Waals surface area contributed by atoms with E-state index in [1.807, 2.05) is 0 Å². The Labute approximate surface area is 163 Å². The molecule has 11 nitrogen and oxygen atoms in total. The molecule has 0 fully saturated rings. The minimum absolute atomic E-state index is 0.0555. The molecule has 0 radical (unpaired) electrons. The van der Waals surface area contributed by atoms with Crippen LogP contribution in [0.25, 0.3) is 11.0 Å². The van der Waals surface area contributed by atoms with Gasteiger partial charge in [0, 0.05) is 26.2 Å². The summed E-state index contributed by atoms with van der Waals surface area (Å²) in [6, 6.07) is 6.99. The maximum Gasteiger partial charge on any atom is 0.332 e. The second-order valence-corrected chi connectivity index (χ2v) is 6.25. The van der Waals surface area contributed by atoms with Crippen molar-refractivity contribution >= 4 is 28.8 Å². The second-order valence-electron chi connectivity index (χ2n) is 6.25. The molecule has 2 heterocycles. The van der Waals surface area contributed by atoms with Crippen LogP contribution in [0.3, 0.4) is 0 Å². The third-order valence-electron chi connectivity index (χ3n) is 4.35. The number of nitrogens with one attached hydrogen (secondary N) is 1. The Kier molecular flexibility index (Phi) is 5.05. The van der Waals surface area contributed by atoms with Gasteiger partial charge in [0.1, 0.15) is 5.65 Å². The van der Waals surface area contributed by atoms with E-state index in [1.54, 1.807) is 6.92 Å². The average molecular weight is 396 g/mol. The number of rotatable bonds is 4. The molecule has 3 aromatic rings. The first kappa shape index (κ1) is 19.6. The molecule has 0 unspecified atom stereocenters. The third kappa shape index (κ3) is 3.65. The normalized spacial score (nSPS) is 11.1. The molecule has 0 aliphatic carbocycles. The molecule has 0 bridgehead atoms. The van der Waals surface area contributed by atoms with Gasteiger partial charge in [-0.2, -0.15) is 5.10 Å². The fraction of sp³-hybridized carbons (Fsp3) is 0.167. The number of aryl methyl sites for hydroxylation is 2. The molecule has 29 heavy (non-hydrogen) atoms. The highest BCUT2D eigenvalue weighted by Crippen LogP contribution is 2.13. The van der Waals surface area contributed by atoms with E-state index in [0.717, 1.165) is 4.57 Å². The van der Waals surface area contributed by atoms with Crippen molar-refractivity contribution in [1.82, 2.24) is 19.5 Å². The molecule has 1 aromatic carbocycles. The van der Waals surface area contributed by atoms with Crippen LogP contribution in [0.15, 0.2) is 45.0 Å². The van der Waals surface area contributed by atoms with E-state index in [-0.39, 0.29) is 22.3 Å². The monoisotopic (exact) mass is 396 g/mol. The standard InChI is InChI=1S/C18H16N6O5/c1-10-13(8-14-15(20-10)22(2)18(27)23(3)17(14)26)16(25)21-19-9-11-4-6-12(7-5-11)24(28)29/h4-9H,1-3H3,(H,21,25)/b19-9-. The number of nitro groups is 1. The number of hydrazone groups is 1. The van der Waals surface area contributed by atoms with E-state index >= 15 is 0 Å². The van der Waals surface area contributed by atoms with E-state index in [4.69, 9.17) is 0 Å². The first-order valence-corrected chi connectivity index (χ1v) is 8.36. The van der Waals surface area contributed by atoms with Gasteiger partial charge < -0.3 is 0 Å². The van der Waals surface area contributed by atoms with Crippen molar-refractivity contribution in [2.75, 3.05) is 0 Å². The van der Waals surface area contributed by atoms with Crippen molar-refractivity contribution in [3.63, 3.8) is 0 Å². The van der Waals surface area contributed by atoms with Crippen LogP contribution < -0.4 is 16.7 Å². The lowest BCUT2D eigenvalue weighted by atomic mass is 10.1. The minimum atomic E-state index is -0.592. The van der Waals surface area contributed by atoms with Crippen molar-refractivity contribution in [1.29, 1.82) is 0 Å². The summed E-state index contributed by atoms with van der Waals surface area (Å²) >= 11 is 0. The predicted octanol–water partition coefficient (Wildman–Crippen LogP) is 0.613. The molecule has 148 valence electrons. The van der Waals surface area contributed by atoms with E-state index < -0.39 is 22.1 Å². The van der Waals surface area contributed by atoms with Gasteiger partial charge in [0.15, 0.2) is 0 Å². The third-order valence-corrected chi connectivity index (χ3v) is 4.35. The Bertz CT molecular complexity index is 1290. The second kappa shape index (κ2) is 7.46. The maximum atomic E-state index is 12.5. The Hall–Kier alpha value is -4.15. The molecular weight excluding hydrogens is 380 g/mol. The van der Waals surface area contributed by atoms with E-state index in [2.05, 4.69) is 15.5 Å². The minimum Gasteiger partial charge on any atom is -0.280 e. The number of nitro benzene ring substituents is 1. The number of hydrogen-bond acceptors (Lipinski definition) is 7. The van der Waals surface area contributed by atoms with Gasteiger partial charge in [0.05, 0.1) is 27.8 Å². The zero-order valence-electron chi connectivity index (χ0n) is 15.7. The molecule has 1 N–H and O–H groups in total. The molecule has 11 heteroatoms. The van der Waals surface area contributed by atoms with Gasteiger partial charge in [0.2, 0.25) is 0 Å². The van der Waals surface area contributed by atoms with Crippen LogP contribution in [0.2, 0.25) is 0 Å². The smallest absolute Gasteiger partial charge is 0.280 e. The van der Waals surface area contributed by atoms with Crippen molar-refractivity contribution < 1.29 is 9.72 Å². The molecule has 0 aliphatic heterocycles. The van der Waals surface area contributed by atoms with Gasteiger partial charge in [-0.1, -0.05) is 0 Å². The van der Waals surface area contributed by atoms with E-state index in [1.165, 1.54) is 55.2 Å². The Morgan fingerprint density at radius 1 is 1.21 bits per heavy atom. The number of nitrogens with zero attached hydrogens (tertiary/aromatic N) is 5. The summed E-state index contributed by atoms with van der Waals surface area (Å²) < 4.78 is 2.17. The fourth-order valence-electron chi connectivity index (χ4n) is 2.73. The van der Waals surface area contributed by atoms with Gasteiger partial charge >= 0.3 is 5.69 Å². The lowest BCUT2D eigenvalue weighted by Crippen LogP contribution is -2.37. The van der Waals surface area contributed by atoms with Crippen LogP contribution in [0.5, 0.6) is 0 Å². The zero-order valence-corrected chi connectivity index (χ0v) is 15.7. The molecule has 0 aliphatic rings. The summed E-state index contributed by atoms with van der Waals surface area (Å²) in [7, 11) is 2.84. The average Bonchev–Trinajstić information content (AvgIpc) is 2.70. The van der Waals surface area contributed by atoms with Gasteiger partial charge in [-0.05, 0) is 30.7 Å². The summed E-state index contributed by atoms with van der Waals surface area (Å²) in [6.07, 6.45) is 1.33. The van der Waals surface area contributed by atoms with Crippen molar-refractivity contribution in [2.45, 2.75) is 6.92 Å². The lowest BCUT2D eigenvalue weighted by molar-refractivity contribution is -0.384. The number of non-ortho nitro benzene ring substituents is 1. The van der Waals surface area contributed by atoms with Crippen LogP contribution in [-0.2, 0) is 14.1 Å². The van der Waals surface area contributed by atoms with E-state index in [0.29, 0.717) is 11.3 Å². The van der Waals surface area contributed by atoms with Crippen LogP contribution in [-0.4, -0.2) is 31.2 Å². The maximum absolute atomic E-state index is 12.5. The fourth-order valence-corrected chi connectivity index (χ4v) is 2.73. The summed E-state index contributed by atoms with van der Waals surface area (Å²) in [5.74, 6) is -0.592. The van der Waals surface area contributed by atoms with Crippen molar-refractivity contribution in [3.8, 4) is 0 Å². The highest BCUT2D eigenvalue weighted by atomic mass is 16.6. The van der Waals surface area contributed by atoms with Crippen LogP contribution in [0.1, 0.15) is 21.6 Å². The SMILES string of the molecule is Cc1nc2c(cc1C(=O)N/N=C\c1ccc([N+](=O)[O-])cc1)c(=O)n(C)c(=O)n2C. The highest BCUT2D eigenvalue weighted by molar-refractivity contribution is 5.98. The summed E-state index contributed by atoms with van der Waals surface area (Å²) in [6.45, 7) is 1.58. The molecule has 1 amide bonds. The number of aromatic nitrogens is 3. The zero-order chi connectivity index (χ0) is 21.3. The van der Waals surface area contributed by atoms with Crippen LogP contribution in [0, 0.1) is 17.0 Å². The van der Waals surface area contributed by atoms with Crippen LogP contribution >= 0.6 is 0 Å². The molecular formula is C18H16N6O5. The largest absolute Gasteiger partial charge is 0.332 e. The Balaban J connectivity index is 1.89. The molecule has 0 saturated carbocycles. The van der Waals surface area contributed by atoms with Gasteiger partial charge in [-0.3, -0.25) is 28.8 Å². The molecule has 2 aromatic heterocycles. The van der Waals surface area contributed by atoms with Crippen molar-refractivity contribution in [2.24, 2.45) is 19.2 Å². The van der Waals surface area contributed by atoms with Crippen LogP contribution in [0.4, 0.5) is 5.69 Å². The number of carbonyl (C=O) groups is 1. The first-order chi connectivity index (χ1) is 13.7. The van der Waals surface area contributed by atoms with E-state index in [9.17, 15) is 24.5 Å². The quantitative estimate of drug-likeness (QED) is 0.389. The van der Waals surface area contributed by atoms with Gasteiger partial charge in [0.25, 0.3) is 17.2 Å². The Morgan fingerprint density at radius 3 is 2.48 bits per heavy atom. The summed E-state index contributed by atoms with van der Waals surface area (Å²) in [5, 5.41) is 14.6. The summed E-state index contributed by atoms with van der Waals surface area (Å²) in [5.41, 5.74) is 2.39. The molecule has 0 spiro atoms. The topological polar surface area (TPSA) is 141 Å². The number of fused-ring (bicyclic) bond motifs is 1. The Morgan fingerprint density at radius 2 is 1.86 bits per heavy atom. The molecule has 3 rings (SSSR count). The predicted molar refractivity (Wildman–Crippen MR) is 105 cm³/mol. The highest BCUT2D eigenvalue weighted by Gasteiger charge is 2.16. The van der Waals surface area contributed by atoms with Gasteiger partial charge in [-0.25, -0.2) is 15.2 Å². The number of amides is 1. The number of pyridine rings is 1. The summed E-state index contributed by atoms with van der Waals surface area (Å²) in [4.78, 5) is 51.2.